The van der Waals surface area contributed by atoms with E-state index in [1.807, 2.05) is 69.3 Å². The predicted molar refractivity (Wildman–Crippen MR) is 135 cm³/mol. The van der Waals surface area contributed by atoms with Crippen molar-refractivity contribution in [3.8, 4) is 11.4 Å². The molecule has 0 aliphatic carbocycles. The van der Waals surface area contributed by atoms with Crippen LogP contribution in [0.1, 0.15) is 37.6 Å². The molecule has 0 radical (unpaired) electrons. The summed E-state index contributed by atoms with van der Waals surface area (Å²) in [4.78, 5) is 30.5. The maximum atomic E-state index is 12.8. The molecule has 35 heavy (non-hydrogen) atoms. The number of amides is 1. The van der Waals surface area contributed by atoms with Gasteiger partial charge in [0.25, 0.3) is 5.56 Å². The molecule has 0 atom stereocenters. The summed E-state index contributed by atoms with van der Waals surface area (Å²) in [5.74, 6) is 0.536. The number of hydrogen-bond donors (Lipinski definition) is 1. The zero-order valence-corrected chi connectivity index (χ0v) is 20.2. The van der Waals surface area contributed by atoms with Gasteiger partial charge < -0.3 is 19.4 Å². The van der Waals surface area contributed by atoms with Gasteiger partial charge in [0.1, 0.15) is 18.0 Å². The van der Waals surface area contributed by atoms with Crippen molar-refractivity contribution in [3.63, 3.8) is 0 Å². The first kappa shape index (κ1) is 22.8. The van der Waals surface area contributed by atoms with Crippen LogP contribution in [0.3, 0.4) is 0 Å². The maximum Gasteiger partial charge on any atom is 0.410 e. The minimum absolute atomic E-state index is 0.165. The lowest BCUT2D eigenvalue weighted by molar-refractivity contribution is 0.0222. The van der Waals surface area contributed by atoms with E-state index in [1.165, 1.54) is 11.6 Å². The Hall–Kier alpha value is -4.00. The van der Waals surface area contributed by atoms with Crippen LogP contribution in [0.5, 0.6) is 5.75 Å². The number of ether oxygens (including phenoxy) is 2. The SMILES string of the molecule is CC(C)(C)OC(=O)N1CCc2c([nH]c3cc(-n4ccc(OCc5ccccc5)cc4=O)ccc23)C1. The number of aromatic amines is 1. The Balaban J connectivity index is 1.35. The molecule has 4 aromatic rings. The van der Waals surface area contributed by atoms with Gasteiger partial charge in [0, 0.05) is 35.4 Å². The van der Waals surface area contributed by atoms with Gasteiger partial charge in [-0.1, -0.05) is 36.4 Å². The van der Waals surface area contributed by atoms with E-state index in [0.717, 1.165) is 34.3 Å². The maximum absolute atomic E-state index is 12.8. The highest BCUT2D eigenvalue weighted by Gasteiger charge is 2.27. The Kier molecular flexibility index (Phi) is 5.84. The molecule has 7 heteroatoms. The molecule has 0 saturated carbocycles. The van der Waals surface area contributed by atoms with E-state index in [9.17, 15) is 9.59 Å². The average Bonchev–Trinajstić information content (AvgIpc) is 3.19. The largest absolute Gasteiger partial charge is 0.489 e. The average molecular weight is 472 g/mol. The van der Waals surface area contributed by atoms with Gasteiger partial charge in [-0.25, -0.2) is 4.79 Å². The summed E-state index contributed by atoms with van der Waals surface area (Å²) in [6.45, 7) is 7.10. The van der Waals surface area contributed by atoms with E-state index >= 15 is 0 Å². The first-order valence-corrected chi connectivity index (χ1v) is 11.8. The topological polar surface area (TPSA) is 76.6 Å². The van der Waals surface area contributed by atoms with Gasteiger partial charge in [0.05, 0.1) is 12.2 Å². The Morgan fingerprint density at radius 1 is 1.06 bits per heavy atom. The van der Waals surface area contributed by atoms with Gasteiger partial charge >= 0.3 is 6.09 Å². The van der Waals surface area contributed by atoms with Crippen LogP contribution in [0.2, 0.25) is 0 Å². The number of hydrogen-bond acceptors (Lipinski definition) is 4. The minimum atomic E-state index is -0.526. The molecule has 0 saturated heterocycles. The monoisotopic (exact) mass is 471 g/mol. The van der Waals surface area contributed by atoms with E-state index in [4.69, 9.17) is 9.47 Å². The van der Waals surface area contributed by atoms with Gasteiger partial charge in [-0.05, 0) is 56.5 Å². The van der Waals surface area contributed by atoms with Crippen molar-refractivity contribution >= 4 is 17.0 Å². The van der Waals surface area contributed by atoms with Crippen LogP contribution in [0.15, 0.2) is 71.7 Å². The van der Waals surface area contributed by atoms with Crippen molar-refractivity contribution in [2.75, 3.05) is 6.54 Å². The molecule has 180 valence electrons. The molecule has 0 fully saturated rings. The van der Waals surface area contributed by atoms with Crippen LogP contribution < -0.4 is 10.3 Å². The lowest BCUT2D eigenvalue weighted by Crippen LogP contribution is -2.39. The fourth-order valence-electron chi connectivity index (χ4n) is 4.37. The van der Waals surface area contributed by atoms with Crippen LogP contribution in [-0.4, -0.2) is 32.7 Å². The highest BCUT2D eigenvalue weighted by atomic mass is 16.6. The Bertz CT molecular complexity index is 1430. The van der Waals surface area contributed by atoms with E-state index < -0.39 is 5.60 Å². The highest BCUT2D eigenvalue weighted by Crippen LogP contribution is 2.29. The van der Waals surface area contributed by atoms with Crippen molar-refractivity contribution in [1.29, 1.82) is 0 Å². The Morgan fingerprint density at radius 3 is 2.60 bits per heavy atom. The first-order valence-electron chi connectivity index (χ1n) is 11.8. The fraction of sp³-hybridized carbons (Fsp3) is 0.286. The van der Waals surface area contributed by atoms with Crippen molar-refractivity contribution in [2.45, 2.75) is 45.9 Å². The Morgan fingerprint density at radius 2 is 1.86 bits per heavy atom. The number of carbonyl (C=O) groups is 1. The smallest absolute Gasteiger partial charge is 0.410 e. The van der Waals surface area contributed by atoms with Crippen LogP contribution in [0, 0.1) is 0 Å². The highest BCUT2D eigenvalue weighted by molar-refractivity contribution is 5.87. The second-order valence-electron chi connectivity index (χ2n) is 9.81. The van der Waals surface area contributed by atoms with Crippen LogP contribution in [0.4, 0.5) is 4.79 Å². The quantitative estimate of drug-likeness (QED) is 0.444. The van der Waals surface area contributed by atoms with Crippen molar-refractivity contribution in [3.05, 3.63) is 94.0 Å². The van der Waals surface area contributed by atoms with Crippen LogP contribution in [0.25, 0.3) is 16.6 Å². The molecule has 3 heterocycles. The van der Waals surface area contributed by atoms with Gasteiger partial charge in [-0.15, -0.1) is 0 Å². The summed E-state index contributed by atoms with van der Waals surface area (Å²) in [5.41, 5.74) is 4.27. The van der Waals surface area contributed by atoms with Gasteiger partial charge in [-0.3, -0.25) is 9.36 Å². The van der Waals surface area contributed by atoms with E-state index in [1.54, 1.807) is 21.7 Å². The summed E-state index contributed by atoms with van der Waals surface area (Å²) in [7, 11) is 0. The normalized spacial score (nSPS) is 13.5. The molecule has 5 rings (SSSR count). The zero-order chi connectivity index (χ0) is 24.6. The number of benzene rings is 2. The standard InChI is InChI=1S/C28H29N3O4/c1-28(2,3)35-27(33)30-13-12-23-22-10-9-20(15-24(22)29-25(23)17-30)31-14-11-21(16-26(31)32)34-18-19-7-5-4-6-8-19/h4-11,14-16,29H,12-13,17-18H2,1-3H3. The summed E-state index contributed by atoms with van der Waals surface area (Å²) in [6.07, 6.45) is 2.18. The molecule has 7 nitrogen and oxygen atoms in total. The second kappa shape index (κ2) is 8.98. The molecule has 1 aliphatic heterocycles. The molecule has 0 bridgehead atoms. The third kappa shape index (κ3) is 4.94. The molecular weight excluding hydrogens is 442 g/mol. The summed E-state index contributed by atoms with van der Waals surface area (Å²) >= 11 is 0. The number of H-pyrrole nitrogens is 1. The molecule has 1 N–H and O–H groups in total. The van der Waals surface area contributed by atoms with Crippen LogP contribution >= 0.6 is 0 Å². The number of nitrogens with one attached hydrogen (secondary N) is 1. The summed E-state index contributed by atoms with van der Waals surface area (Å²) in [5, 5.41) is 1.11. The van der Waals surface area contributed by atoms with Crippen LogP contribution in [-0.2, 0) is 24.3 Å². The predicted octanol–water partition coefficient (Wildman–Crippen LogP) is 5.19. The number of carbonyl (C=O) groups excluding carboxylic acids is 1. The molecule has 2 aromatic heterocycles. The summed E-state index contributed by atoms with van der Waals surface area (Å²) in [6, 6.07) is 19.1. The number of pyridine rings is 1. The van der Waals surface area contributed by atoms with Crippen molar-refractivity contribution in [2.24, 2.45) is 0 Å². The van der Waals surface area contributed by atoms with Gasteiger partial charge in [0.15, 0.2) is 0 Å². The number of aromatic nitrogens is 2. The third-order valence-corrected chi connectivity index (χ3v) is 6.03. The first-order chi connectivity index (χ1) is 16.8. The molecule has 0 unspecified atom stereocenters. The molecule has 2 aromatic carbocycles. The van der Waals surface area contributed by atoms with Crippen molar-refractivity contribution in [1.82, 2.24) is 14.5 Å². The van der Waals surface area contributed by atoms with E-state index in [0.29, 0.717) is 25.4 Å². The molecular formula is C28H29N3O4. The van der Waals surface area contributed by atoms with Gasteiger partial charge in [-0.2, -0.15) is 0 Å². The molecule has 0 spiro atoms. The zero-order valence-electron chi connectivity index (χ0n) is 20.2. The summed E-state index contributed by atoms with van der Waals surface area (Å²) < 4.78 is 12.9. The lowest BCUT2D eigenvalue weighted by atomic mass is 10.0. The number of rotatable bonds is 4. The van der Waals surface area contributed by atoms with E-state index in [-0.39, 0.29) is 11.7 Å². The Labute approximate surface area is 203 Å². The second-order valence-corrected chi connectivity index (χ2v) is 9.81. The molecule has 1 amide bonds. The minimum Gasteiger partial charge on any atom is -0.489 e. The lowest BCUT2D eigenvalue weighted by Gasteiger charge is -2.30. The van der Waals surface area contributed by atoms with Crippen molar-refractivity contribution < 1.29 is 14.3 Å². The number of fused-ring (bicyclic) bond motifs is 3. The fourth-order valence-corrected chi connectivity index (χ4v) is 4.37. The molecule has 1 aliphatic rings. The van der Waals surface area contributed by atoms with E-state index in [2.05, 4.69) is 4.98 Å². The van der Waals surface area contributed by atoms with Gasteiger partial charge in [0.2, 0.25) is 0 Å². The number of nitrogens with zero attached hydrogens (tertiary/aromatic N) is 2. The third-order valence-electron chi connectivity index (χ3n) is 6.03.